The topological polar surface area (TPSA) is 111 Å². The van der Waals surface area contributed by atoms with Gasteiger partial charge < -0.3 is 19.4 Å². The second-order valence-corrected chi connectivity index (χ2v) is 25.1. The summed E-state index contributed by atoms with van der Waals surface area (Å²) in [6.45, 7) is 6.99. The smallest absolute Gasteiger partial charge is 0.456 e. The molecule has 0 aromatic heterocycles. The summed E-state index contributed by atoms with van der Waals surface area (Å²) in [7, 11) is 1.48. The van der Waals surface area contributed by atoms with Crippen molar-refractivity contribution in [1.82, 2.24) is 5.32 Å². The molecule has 9 nitrogen and oxygen atoms in total. The second kappa shape index (κ2) is 58.6. The standard InChI is InChI=1S/C69H127N2O7P/c1-7-10-13-16-19-22-25-28-30-32-34-35-37-39-41-44-47-50-53-56-59-62-69(73)78-67(60-57-54-51-48-45-42-27-24-21-18-15-12-9-3)66(65-77-79(74,75)76-64-63-71(4,5)6)70-68(72)61-58-55-52-49-46-43-40-38-36-33-31-29-26-23-20-17-14-11-8-2/h19,22,28-31,34-35,39,41,57,60,66-67H,7-18,20-21,23-27,32-33,36-38,40,42-56,58-59,61-65H2,1-6H3,(H-,70,72,74,75)/p+1/b22-19-,30-28-,31-29+,35-34-,41-39-,60-57+. The first-order chi connectivity index (χ1) is 38.4. The van der Waals surface area contributed by atoms with E-state index in [4.69, 9.17) is 13.8 Å². The van der Waals surface area contributed by atoms with Gasteiger partial charge >= 0.3 is 13.8 Å². The molecular formula is C69H128N2O7P+. The fraction of sp³-hybridized carbons (Fsp3) is 0.797. The minimum Gasteiger partial charge on any atom is -0.456 e. The number of allylic oxidation sites excluding steroid dienone is 11. The van der Waals surface area contributed by atoms with E-state index < -0.39 is 20.0 Å². The van der Waals surface area contributed by atoms with E-state index in [-0.39, 0.29) is 31.5 Å². The number of likely N-dealkylation sites (N-methyl/N-ethyl adjacent to an activating group) is 1. The van der Waals surface area contributed by atoms with E-state index in [1.807, 2.05) is 33.3 Å². The normalized spacial score (nSPS) is 14.1. The molecule has 0 aromatic rings. The molecule has 0 aromatic carbocycles. The van der Waals surface area contributed by atoms with E-state index in [2.05, 4.69) is 86.8 Å². The van der Waals surface area contributed by atoms with E-state index in [1.165, 1.54) is 173 Å². The van der Waals surface area contributed by atoms with E-state index in [0.717, 1.165) is 96.3 Å². The average Bonchev–Trinajstić information content (AvgIpc) is 3.41. The molecule has 0 radical (unpaired) electrons. The van der Waals surface area contributed by atoms with Gasteiger partial charge in [-0.15, -0.1) is 0 Å². The van der Waals surface area contributed by atoms with Crippen LogP contribution in [0, 0.1) is 0 Å². The molecule has 10 heteroatoms. The van der Waals surface area contributed by atoms with Gasteiger partial charge in [0.25, 0.3) is 0 Å². The number of hydrogen-bond acceptors (Lipinski definition) is 6. The third-order valence-corrected chi connectivity index (χ3v) is 15.6. The number of nitrogens with one attached hydrogen (secondary N) is 1. The highest BCUT2D eigenvalue weighted by molar-refractivity contribution is 7.47. The van der Waals surface area contributed by atoms with Crippen molar-refractivity contribution in [3.63, 3.8) is 0 Å². The van der Waals surface area contributed by atoms with Crippen LogP contribution in [0.15, 0.2) is 72.9 Å². The number of esters is 1. The second-order valence-electron chi connectivity index (χ2n) is 23.6. The number of nitrogens with zero attached hydrogens (tertiary/aromatic N) is 1. The lowest BCUT2D eigenvalue weighted by Crippen LogP contribution is -2.47. The number of rotatable bonds is 60. The summed E-state index contributed by atoms with van der Waals surface area (Å²) < 4.78 is 30.8. The summed E-state index contributed by atoms with van der Waals surface area (Å²) in [5.74, 6) is -0.522. The third kappa shape index (κ3) is 59.9. The highest BCUT2D eigenvalue weighted by Crippen LogP contribution is 2.43. The molecule has 0 bridgehead atoms. The molecule has 0 rings (SSSR count). The van der Waals surface area contributed by atoms with Crippen molar-refractivity contribution in [2.24, 2.45) is 0 Å². The molecule has 3 atom stereocenters. The van der Waals surface area contributed by atoms with Crippen LogP contribution < -0.4 is 5.32 Å². The average molecular weight is 1130 g/mol. The van der Waals surface area contributed by atoms with Gasteiger partial charge in [-0.1, -0.05) is 261 Å². The van der Waals surface area contributed by atoms with Crippen molar-refractivity contribution in [2.75, 3.05) is 40.9 Å². The summed E-state index contributed by atoms with van der Waals surface area (Å²) in [5.41, 5.74) is 0. The lowest BCUT2D eigenvalue weighted by Gasteiger charge is -2.27. The predicted octanol–water partition coefficient (Wildman–Crippen LogP) is 20.8. The zero-order valence-electron chi connectivity index (χ0n) is 52.6. The van der Waals surface area contributed by atoms with E-state index in [0.29, 0.717) is 17.4 Å². The van der Waals surface area contributed by atoms with Gasteiger partial charge in [0.1, 0.15) is 19.3 Å². The van der Waals surface area contributed by atoms with E-state index in [1.54, 1.807) is 0 Å². The Kier molecular flexibility index (Phi) is 56.7. The molecule has 0 fully saturated rings. The molecule has 0 saturated heterocycles. The maximum atomic E-state index is 13.6. The van der Waals surface area contributed by atoms with Crippen LogP contribution in [-0.2, 0) is 27.9 Å². The van der Waals surface area contributed by atoms with Crippen LogP contribution in [0.2, 0.25) is 0 Å². The van der Waals surface area contributed by atoms with Crippen LogP contribution in [0.3, 0.4) is 0 Å². The Morgan fingerprint density at radius 2 is 0.772 bits per heavy atom. The molecular weight excluding hydrogens is 1000 g/mol. The number of phosphoric acid groups is 1. The van der Waals surface area contributed by atoms with Crippen molar-refractivity contribution >= 4 is 19.7 Å². The molecule has 2 N–H and O–H groups in total. The lowest BCUT2D eigenvalue weighted by atomic mass is 10.0. The first kappa shape index (κ1) is 76.5. The van der Waals surface area contributed by atoms with Gasteiger partial charge in [-0.2, -0.15) is 0 Å². The largest absolute Gasteiger partial charge is 0.472 e. The maximum absolute atomic E-state index is 13.6. The quantitative estimate of drug-likeness (QED) is 0.0205. The van der Waals surface area contributed by atoms with Gasteiger partial charge in [-0.05, 0) is 102 Å². The van der Waals surface area contributed by atoms with Crippen LogP contribution in [0.1, 0.15) is 303 Å². The van der Waals surface area contributed by atoms with Gasteiger partial charge in [-0.3, -0.25) is 18.6 Å². The minimum atomic E-state index is -4.46. The van der Waals surface area contributed by atoms with Gasteiger partial charge in [0.2, 0.25) is 5.91 Å². The van der Waals surface area contributed by atoms with E-state index >= 15 is 0 Å². The van der Waals surface area contributed by atoms with Gasteiger partial charge in [0.15, 0.2) is 0 Å². The van der Waals surface area contributed by atoms with E-state index in [9.17, 15) is 19.0 Å². The number of ether oxygens (including phenoxy) is 1. The minimum absolute atomic E-state index is 0.0348. The number of hydrogen-bond donors (Lipinski definition) is 2. The molecule has 460 valence electrons. The van der Waals surface area contributed by atoms with Crippen LogP contribution in [-0.4, -0.2) is 74.3 Å². The monoisotopic (exact) mass is 1130 g/mol. The van der Waals surface area contributed by atoms with Crippen molar-refractivity contribution in [3.8, 4) is 0 Å². The zero-order valence-corrected chi connectivity index (χ0v) is 53.5. The maximum Gasteiger partial charge on any atom is 0.472 e. The molecule has 79 heavy (non-hydrogen) atoms. The molecule has 0 spiro atoms. The Labute approximate surface area is 489 Å². The fourth-order valence-electron chi connectivity index (χ4n) is 9.45. The molecule has 0 aliphatic carbocycles. The van der Waals surface area contributed by atoms with Crippen LogP contribution in [0.4, 0.5) is 0 Å². The summed E-state index contributed by atoms with van der Waals surface area (Å²) in [6.07, 6.45) is 76.1. The highest BCUT2D eigenvalue weighted by atomic mass is 31.2. The molecule has 1 amide bonds. The summed E-state index contributed by atoms with van der Waals surface area (Å²) in [5, 5.41) is 3.06. The molecule has 3 unspecified atom stereocenters. The van der Waals surface area contributed by atoms with Crippen molar-refractivity contribution < 1.29 is 37.3 Å². The Morgan fingerprint density at radius 3 is 1.19 bits per heavy atom. The Hall–Kier alpha value is -2.55. The first-order valence-corrected chi connectivity index (χ1v) is 34.8. The van der Waals surface area contributed by atoms with Gasteiger partial charge in [-0.25, -0.2) is 4.57 Å². The molecule has 0 saturated carbocycles. The number of phosphoric ester groups is 1. The first-order valence-electron chi connectivity index (χ1n) is 33.3. The van der Waals surface area contributed by atoms with Crippen molar-refractivity contribution in [3.05, 3.63) is 72.9 Å². The Morgan fingerprint density at radius 1 is 0.443 bits per heavy atom. The number of quaternary nitrogens is 1. The van der Waals surface area contributed by atoms with Crippen molar-refractivity contribution in [2.45, 2.75) is 315 Å². The number of carbonyl (C=O) groups is 2. The van der Waals surface area contributed by atoms with Crippen LogP contribution in [0.25, 0.3) is 0 Å². The van der Waals surface area contributed by atoms with Crippen LogP contribution >= 0.6 is 7.82 Å². The van der Waals surface area contributed by atoms with Crippen molar-refractivity contribution in [1.29, 1.82) is 0 Å². The fourth-order valence-corrected chi connectivity index (χ4v) is 10.2. The number of carbonyl (C=O) groups excluding carboxylic acids is 2. The zero-order chi connectivity index (χ0) is 57.9. The molecule has 0 aliphatic heterocycles. The Balaban J connectivity index is 5.26. The highest BCUT2D eigenvalue weighted by Gasteiger charge is 2.30. The Bertz CT molecular complexity index is 1580. The molecule has 0 heterocycles. The SMILES string of the molecule is CCCCC/C=C\C/C=C\C/C=C\C/C=C\CCCCCCCC(=O)OC(/C=C/CCCCCCCCCCCCC)C(COP(=O)(O)OCC[N+](C)(C)C)NC(=O)CCCCCCCCCCC/C=C/CCCCCCCC. The van der Waals surface area contributed by atoms with Gasteiger partial charge in [0, 0.05) is 12.8 Å². The summed E-state index contributed by atoms with van der Waals surface area (Å²) >= 11 is 0. The summed E-state index contributed by atoms with van der Waals surface area (Å²) in [4.78, 5) is 37.8. The summed E-state index contributed by atoms with van der Waals surface area (Å²) in [6, 6.07) is -0.860. The van der Waals surface area contributed by atoms with Crippen LogP contribution in [0.5, 0.6) is 0 Å². The van der Waals surface area contributed by atoms with Gasteiger partial charge in [0.05, 0.1) is 33.8 Å². The predicted molar refractivity (Wildman–Crippen MR) is 341 cm³/mol. The molecule has 0 aliphatic rings. The third-order valence-electron chi connectivity index (χ3n) is 14.6. The number of amides is 1. The lowest BCUT2D eigenvalue weighted by molar-refractivity contribution is -0.870. The number of unbranched alkanes of at least 4 members (excludes halogenated alkanes) is 34.